The number of hydrogen-bond donors (Lipinski definition) is 1. The van der Waals surface area contributed by atoms with Crippen LogP contribution in [0.4, 0.5) is 0 Å². The van der Waals surface area contributed by atoms with E-state index in [4.69, 9.17) is 0 Å². The molecular weight excluding hydrogens is 340 g/mol. The zero-order valence-electron chi connectivity index (χ0n) is 11.5. The van der Waals surface area contributed by atoms with Crippen molar-refractivity contribution in [2.24, 2.45) is 0 Å². The second-order valence-corrected chi connectivity index (χ2v) is 8.20. The Morgan fingerprint density at radius 2 is 2.00 bits per heavy atom. The molecule has 1 aromatic carbocycles. The zero-order valence-corrected chi connectivity index (χ0v) is 13.9. The first-order valence-corrected chi connectivity index (χ1v) is 9.24. The number of halogens is 1. The number of nitrogens with zero attached hydrogens (tertiary/aromatic N) is 1. The van der Waals surface area contributed by atoms with Crippen molar-refractivity contribution in [1.29, 1.82) is 0 Å². The number of hydrogen-bond acceptors (Lipinski definition) is 3. The molecule has 0 radical (unpaired) electrons. The van der Waals surface area contributed by atoms with Crippen LogP contribution in [-0.4, -0.2) is 37.9 Å². The van der Waals surface area contributed by atoms with Crippen LogP contribution in [0.15, 0.2) is 27.6 Å². The summed E-state index contributed by atoms with van der Waals surface area (Å²) in [4.78, 5) is 0.399. The van der Waals surface area contributed by atoms with E-state index in [1.807, 2.05) is 19.1 Å². The van der Waals surface area contributed by atoms with Gasteiger partial charge < -0.3 is 5.32 Å². The van der Waals surface area contributed by atoms with E-state index in [1.165, 1.54) is 0 Å². The van der Waals surface area contributed by atoms with Gasteiger partial charge >= 0.3 is 0 Å². The van der Waals surface area contributed by atoms with E-state index >= 15 is 0 Å². The molecule has 1 N–H and O–H groups in total. The lowest BCUT2D eigenvalue weighted by Gasteiger charge is -2.27. The first kappa shape index (κ1) is 14.5. The summed E-state index contributed by atoms with van der Waals surface area (Å²) in [5.74, 6) is 0. The Hall–Kier alpha value is -0.430. The Morgan fingerprint density at radius 1 is 1.25 bits per heavy atom. The molecule has 2 atom stereocenters. The highest BCUT2D eigenvalue weighted by Crippen LogP contribution is 2.36. The molecule has 4 nitrogen and oxygen atoms in total. The lowest BCUT2D eigenvalue weighted by Crippen LogP contribution is -2.42. The topological polar surface area (TPSA) is 49.4 Å². The summed E-state index contributed by atoms with van der Waals surface area (Å²) in [5, 5.41) is 3.34. The Balaban J connectivity index is 2.05. The summed E-state index contributed by atoms with van der Waals surface area (Å²) in [7, 11) is -3.43. The highest BCUT2D eigenvalue weighted by molar-refractivity contribution is 9.10. The molecule has 2 aliphatic heterocycles. The van der Waals surface area contributed by atoms with Crippen LogP contribution in [0.2, 0.25) is 0 Å². The summed E-state index contributed by atoms with van der Waals surface area (Å²) >= 11 is 3.44. The molecule has 110 valence electrons. The normalized spacial score (nSPS) is 27.5. The third-order valence-electron chi connectivity index (χ3n) is 4.30. The van der Waals surface area contributed by atoms with Crippen LogP contribution < -0.4 is 5.32 Å². The molecule has 0 spiro atoms. The van der Waals surface area contributed by atoms with Crippen LogP contribution in [0, 0.1) is 6.92 Å². The lowest BCUT2D eigenvalue weighted by molar-refractivity contribution is 0.334. The van der Waals surface area contributed by atoms with E-state index in [2.05, 4.69) is 21.2 Å². The molecular formula is C14H19BrN2O2S. The quantitative estimate of drug-likeness (QED) is 0.882. The van der Waals surface area contributed by atoms with E-state index in [9.17, 15) is 8.42 Å². The summed E-state index contributed by atoms with van der Waals surface area (Å²) in [6.45, 7) is 3.59. The van der Waals surface area contributed by atoms with Gasteiger partial charge in [-0.05, 0) is 60.3 Å². The molecule has 2 bridgehead atoms. The maximum Gasteiger partial charge on any atom is 0.244 e. The SMILES string of the molecule is Cc1cccc(S(=O)(=O)N2C3CCNCC2CC3)c1Br. The first-order valence-electron chi connectivity index (χ1n) is 7.01. The molecule has 0 amide bonds. The number of fused-ring (bicyclic) bond motifs is 2. The predicted molar refractivity (Wildman–Crippen MR) is 82.2 cm³/mol. The fourth-order valence-electron chi connectivity index (χ4n) is 3.26. The van der Waals surface area contributed by atoms with E-state index in [0.717, 1.165) is 37.9 Å². The van der Waals surface area contributed by atoms with Crippen molar-refractivity contribution in [3.8, 4) is 0 Å². The Bertz CT molecular complexity index is 604. The molecule has 0 aliphatic carbocycles. The average Bonchev–Trinajstić information content (AvgIpc) is 2.66. The molecule has 0 aromatic heterocycles. The minimum atomic E-state index is -3.43. The number of sulfonamides is 1. The van der Waals surface area contributed by atoms with Crippen molar-refractivity contribution in [2.45, 2.75) is 43.2 Å². The van der Waals surface area contributed by atoms with Crippen LogP contribution in [0.1, 0.15) is 24.8 Å². The van der Waals surface area contributed by atoms with Gasteiger partial charge in [-0.2, -0.15) is 4.31 Å². The summed E-state index contributed by atoms with van der Waals surface area (Å²) in [5.41, 5.74) is 0.950. The highest BCUT2D eigenvalue weighted by Gasteiger charge is 2.43. The van der Waals surface area contributed by atoms with E-state index < -0.39 is 10.0 Å². The third-order valence-corrected chi connectivity index (χ3v) is 7.66. The second kappa shape index (κ2) is 5.40. The molecule has 20 heavy (non-hydrogen) atoms. The maximum atomic E-state index is 13.0. The first-order chi connectivity index (χ1) is 9.51. The van der Waals surface area contributed by atoms with Gasteiger partial charge in [0.15, 0.2) is 0 Å². The monoisotopic (exact) mass is 358 g/mol. The van der Waals surface area contributed by atoms with Crippen molar-refractivity contribution in [3.05, 3.63) is 28.2 Å². The molecule has 3 rings (SSSR count). The number of aryl methyl sites for hydroxylation is 1. The smallest absolute Gasteiger partial charge is 0.244 e. The van der Waals surface area contributed by atoms with Crippen LogP contribution in [0.25, 0.3) is 0 Å². The zero-order chi connectivity index (χ0) is 14.3. The van der Waals surface area contributed by atoms with Crippen molar-refractivity contribution < 1.29 is 8.42 Å². The summed E-state index contributed by atoms with van der Waals surface area (Å²) in [6.07, 6.45) is 2.84. The summed E-state index contributed by atoms with van der Waals surface area (Å²) < 4.78 is 28.5. The molecule has 2 saturated heterocycles. The molecule has 6 heteroatoms. The van der Waals surface area contributed by atoms with Crippen molar-refractivity contribution >= 4 is 26.0 Å². The standard InChI is InChI=1S/C14H19BrN2O2S/c1-10-3-2-4-13(14(10)15)20(18,19)17-11-5-6-12(17)9-16-8-7-11/h2-4,11-12,16H,5-9H2,1H3. The van der Waals surface area contributed by atoms with E-state index in [1.54, 1.807) is 10.4 Å². The van der Waals surface area contributed by atoms with E-state index in [0.29, 0.717) is 9.37 Å². The van der Waals surface area contributed by atoms with Gasteiger partial charge in [0.05, 0.1) is 4.90 Å². The number of rotatable bonds is 2. The Kier molecular flexibility index (Phi) is 3.92. The van der Waals surface area contributed by atoms with Crippen molar-refractivity contribution in [3.63, 3.8) is 0 Å². The van der Waals surface area contributed by atoms with Gasteiger partial charge in [-0.25, -0.2) is 8.42 Å². The number of benzene rings is 1. The molecule has 2 aliphatic rings. The lowest BCUT2D eigenvalue weighted by atomic mass is 10.1. The van der Waals surface area contributed by atoms with Gasteiger partial charge in [0.2, 0.25) is 10.0 Å². The van der Waals surface area contributed by atoms with Crippen molar-refractivity contribution in [1.82, 2.24) is 9.62 Å². The Labute approximate surface area is 128 Å². The molecule has 2 fully saturated rings. The van der Waals surface area contributed by atoms with Gasteiger partial charge in [-0.15, -0.1) is 0 Å². The largest absolute Gasteiger partial charge is 0.315 e. The van der Waals surface area contributed by atoms with Crippen LogP contribution >= 0.6 is 15.9 Å². The van der Waals surface area contributed by atoms with Gasteiger partial charge in [0.1, 0.15) is 0 Å². The van der Waals surface area contributed by atoms with Gasteiger partial charge in [-0.3, -0.25) is 0 Å². The minimum absolute atomic E-state index is 0.0971. The fraction of sp³-hybridized carbons (Fsp3) is 0.571. The van der Waals surface area contributed by atoms with Gasteiger partial charge in [-0.1, -0.05) is 12.1 Å². The Morgan fingerprint density at radius 3 is 2.80 bits per heavy atom. The second-order valence-electron chi connectivity index (χ2n) is 5.60. The van der Waals surface area contributed by atoms with Crippen LogP contribution in [0.3, 0.4) is 0 Å². The fourth-order valence-corrected chi connectivity index (χ4v) is 6.18. The average molecular weight is 359 g/mol. The predicted octanol–water partition coefficient (Wildman–Crippen LogP) is 2.27. The van der Waals surface area contributed by atoms with Crippen LogP contribution in [-0.2, 0) is 10.0 Å². The van der Waals surface area contributed by atoms with Crippen molar-refractivity contribution in [2.75, 3.05) is 13.1 Å². The number of nitrogens with one attached hydrogen (secondary N) is 1. The highest BCUT2D eigenvalue weighted by atomic mass is 79.9. The van der Waals surface area contributed by atoms with E-state index in [-0.39, 0.29) is 12.1 Å². The summed E-state index contributed by atoms with van der Waals surface area (Å²) in [6, 6.07) is 5.67. The molecule has 0 saturated carbocycles. The minimum Gasteiger partial charge on any atom is -0.315 e. The molecule has 2 heterocycles. The van der Waals surface area contributed by atoms with Crippen LogP contribution in [0.5, 0.6) is 0 Å². The van der Waals surface area contributed by atoms with Gasteiger partial charge in [0.25, 0.3) is 0 Å². The maximum absolute atomic E-state index is 13.0. The third kappa shape index (κ3) is 2.32. The molecule has 1 aromatic rings. The molecule has 2 unspecified atom stereocenters. The van der Waals surface area contributed by atoms with Gasteiger partial charge in [0, 0.05) is 23.1 Å².